The first-order valence-corrected chi connectivity index (χ1v) is 7.61. The molecule has 0 radical (unpaired) electrons. The third-order valence-corrected chi connectivity index (χ3v) is 4.18. The van der Waals surface area contributed by atoms with E-state index in [2.05, 4.69) is 10.6 Å². The molecule has 1 fully saturated rings. The van der Waals surface area contributed by atoms with E-state index in [1.807, 2.05) is 13.8 Å². The third-order valence-electron chi connectivity index (χ3n) is 3.79. The van der Waals surface area contributed by atoms with Gasteiger partial charge in [-0.3, -0.25) is 9.59 Å². The number of thiocarbonyl (C=S) groups is 1. The zero-order valence-electron chi connectivity index (χ0n) is 12.5. The van der Waals surface area contributed by atoms with Gasteiger partial charge in [-0.25, -0.2) is 0 Å². The monoisotopic (exact) mass is 299 g/mol. The van der Waals surface area contributed by atoms with E-state index in [0.717, 1.165) is 19.3 Å². The smallest absolute Gasteiger partial charge is 0.242 e. The minimum atomic E-state index is -0.778. The molecule has 1 unspecified atom stereocenters. The highest BCUT2D eigenvalue weighted by Gasteiger charge is 2.43. The van der Waals surface area contributed by atoms with Gasteiger partial charge in [-0.15, -0.1) is 0 Å². The Morgan fingerprint density at radius 1 is 1.10 bits per heavy atom. The fraction of sp³-hybridized carbons (Fsp3) is 0.786. The minimum Gasteiger partial charge on any atom is -0.392 e. The van der Waals surface area contributed by atoms with Crippen LogP contribution in [0.2, 0.25) is 0 Å². The molecule has 0 aromatic heterocycles. The van der Waals surface area contributed by atoms with Crippen molar-refractivity contribution in [1.82, 2.24) is 10.6 Å². The van der Waals surface area contributed by atoms with Crippen molar-refractivity contribution in [2.45, 2.75) is 65.0 Å². The van der Waals surface area contributed by atoms with Crippen molar-refractivity contribution in [3.05, 3.63) is 0 Å². The minimum absolute atomic E-state index is 0.0427. The van der Waals surface area contributed by atoms with Gasteiger partial charge in [0.05, 0.1) is 10.4 Å². The molecule has 1 aliphatic rings. The predicted molar refractivity (Wildman–Crippen MR) is 83.2 cm³/mol. The fourth-order valence-electron chi connectivity index (χ4n) is 2.55. The van der Waals surface area contributed by atoms with Crippen molar-refractivity contribution in [2.24, 2.45) is 11.1 Å². The molecule has 20 heavy (non-hydrogen) atoms. The Morgan fingerprint density at radius 3 is 2.10 bits per heavy atom. The van der Waals surface area contributed by atoms with Crippen molar-refractivity contribution < 1.29 is 9.59 Å². The molecular formula is C14H25N3O2S. The van der Waals surface area contributed by atoms with Crippen LogP contribution in [0.15, 0.2) is 0 Å². The van der Waals surface area contributed by atoms with E-state index in [-0.39, 0.29) is 22.8 Å². The maximum Gasteiger partial charge on any atom is 0.242 e. The van der Waals surface area contributed by atoms with E-state index < -0.39 is 11.5 Å². The van der Waals surface area contributed by atoms with Crippen molar-refractivity contribution >= 4 is 29.0 Å². The highest BCUT2D eigenvalue weighted by atomic mass is 32.1. The Bertz CT molecular complexity index is 390. The molecule has 0 aliphatic heterocycles. The Labute approximate surface area is 126 Å². The quantitative estimate of drug-likeness (QED) is 0.667. The molecule has 0 bridgehead atoms. The third kappa shape index (κ3) is 3.91. The molecule has 2 amide bonds. The van der Waals surface area contributed by atoms with Crippen molar-refractivity contribution in [3.63, 3.8) is 0 Å². The number of nitrogens with two attached hydrogens (primary N) is 1. The van der Waals surface area contributed by atoms with Gasteiger partial charge >= 0.3 is 0 Å². The highest BCUT2D eigenvalue weighted by molar-refractivity contribution is 7.80. The molecule has 5 nitrogen and oxygen atoms in total. The van der Waals surface area contributed by atoms with Gasteiger partial charge < -0.3 is 16.4 Å². The van der Waals surface area contributed by atoms with Gasteiger partial charge in [-0.05, 0) is 33.6 Å². The van der Waals surface area contributed by atoms with E-state index in [9.17, 15) is 9.59 Å². The van der Waals surface area contributed by atoms with Crippen LogP contribution in [0.5, 0.6) is 0 Å². The molecule has 0 saturated heterocycles. The molecule has 1 atom stereocenters. The molecule has 0 heterocycles. The number of carbonyl (C=O) groups is 2. The van der Waals surface area contributed by atoms with Gasteiger partial charge in [0.15, 0.2) is 0 Å². The van der Waals surface area contributed by atoms with Gasteiger partial charge in [0.25, 0.3) is 0 Å². The Balaban J connectivity index is 2.72. The summed E-state index contributed by atoms with van der Waals surface area (Å²) < 4.78 is 0. The summed E-state index contributed by atoms with van der Waals surface area (Å²) >= 11 is 5.11. The van der Waals surface area contributed by atoms with E-state index in [0.29, 0.717) is 12.8 Å². The zero-order chi connectivity index (χ0) is 15.3. The molecule has 4 N–H and O–H groups in total. The molecule has 1 rings (SSSR count). The molecule has 114 valence electrons. The van der Waals surface area contributed by atoms with Crippen LogP contribution in [0.3, 0.4) is 0 Å². The van der Waals surface area contributed by atoms with Crippen LogP contribution in [0.4, 0.5) is 0 Å². The maximum absolute atomic E-state index is 12.5. The van der Waals surface area contributed by atoms with Crippen LogP contribution in [0, 0.1) is 5.41 Å². The Hall–Kier alpha value is -1.17. The largest absolute Gasteiger partial charge is 0.392 e. The van der Waals surface area contributed by atoms with Gasteiger partial charge in [0.1, 0.15) is 6.04 Å². The molecular weight excluding hydrogens is 274 g/mol. The van der Waals surface area contributed by atoms with E-state index in [4.69, 9.17) is 18.0 Å². The van der Waals surface area contributed by atoms with Crippen LogP contribution < -0.4 is 16.4 Å². The zero-order valence-corrected chi connectivity index (χ0v) is 13.3. The molecule has 0 spiro atoms. The van der Waals surface area contributed by atoms with Gasteiger partial charge in [0.2, 0.25) is 11.8 Å². The van der Waals surface area contributed by atoms with Gasteiger partial charge in [0, 0.05) is 6.04 Å². The SMILES string of the molecule is CC(C)NC(=O)C(C)NC(=O)C1(C(N)=S)CCCCC1. The standard InChI is InChI=1S/C14H25N3O2S/c1-9(2)16-11(18)10(3)17-13(19)14(12(15)20)7-5-4-6-8-14/h9-10H,4-8H2,1-3H3,(H2,15,20)(H,16,18)(H,17,19). The van der Waals surface area contributed by atoms with Crippen molar-refractivity contribution in [1.29, 1.82) is 0 Å². The van der Waals surface area contributed by atoms with Crippen LogP contribution >= 0.6 is 12.2 Å². The van der Waals surface area contributed by atoms with Crippen LogP contribution in [-0.2, 0) is 9.59 Å². The van der Waals surface area contributed by atoms with Crippen LogP contribution in [-0.4, -0.2) is 28.9 Å². The summed E-state index contributed by atoms with van der Waals surface area (Å²) in [5.74, 6) is -0.404. The molecule has 1 aliphatic carbocycles. The second kappa shape index (κ2) is 7.02. The summed E-state index contributed by atoms with van der Waals surface area (Å²) in [5.41, 5.74) is 5.03. The lowest BCUT2D eigenvalue weighted by atomic mass is 9.73. The first kappa shape index (κ1) is 16.9. The van der Waals surface area contributed by atoms with Crippen molar-refractivity contribution in [3.8, 4) is 0 Å². The van der Waals surface area contributed by atoms with E-state index in [1.165, 1.54) is 0 Å². The first-order chi connectivity index (χ1) is 9.29. The van der Waals surface area contributed by atoms with Crippen LogP contribution in [0.25, 0.3) is 0 Å². The number of hydrogen-bond acceptors (Lipinski definition) is 3. The number of rotatable bonds is 5. The molecule has 0 aromatic carbocycles. The lowest BCUT2D eigenvalue weighted by Crippen LogP contribution is -2.55. The summed E-state index contributed by atoms with van der Waals surface area (Å²) in [5, 5.41) is 5.53. The number of carbonyl (C=O) groups excluding carboxylic acids is 2. The first-order valence-electron chi connectivity index (χ1n) is 7.21. The number of nitrogens with one attached hydrogen (secondary N) is 2. The fourth-order valence-corrected chi connectivity index (χ4v) is 2.85. The predicted octanol–water partition coefficient (Wildman–Crippen LogP) is 1.25. The number of hydrogen-bond donors (Lipinski definition) is 3. The summed E-state index contributed by atoms with van der Waals surface area (Å²) in [7, 11) is 0. The maximum atomic E-state index is 12.5. The summed E-state index contributed by atoms with van der Waals surface area (Å²) in [4.78, 5) is 24.6. The second-order valence-electron chi connectivity index (χ2n) is 5.87. The van der Waals surface area contributed by atoms with Crippen molar-refractivity contribution in [2.75, 3.05) is 0 Å². The molecule has 0 aromatic rings. The second-order valence-corrected chi connectivity index (χ2v) is 6.31. The van der Waals surface area contributed by atoms with Gasteiger partial charge in [-0.2, -0.15) is 0 Å². The average molecular weight is 299 g/mol. The Morgan fingerprint density at radius 2 is 1.65 bits per heavy atom. The lowest BCUT2D eigenvalue weighted by Gasteiger charge is -2.35. The average Bonchev–Trinajstić information content (AvgIpc) is 2.38. The Kier molecular flexibility index (Phi) is 5.92. The topological polar surface area (TPSA) is 84.2 Å². The normalized spacial score (nSPS) is 19.2. The number of amides is 2. The van der Waals surface area contributed by atoms with E-state index in [1.54, 1.807) is 6.92 Å². The van der Waals surface area contributed by atoms with Gasteiger partial charge in [-0.1, -0.05) is 31.5 Å². The molecule has 1 saturated carbocycles. The molecule has 6 heteroatoms. The van der Waals surface area contributed by atoms with E-state index >= 15 is 0 Å². The van der Waals surface area contributed by atoms with Crippen LogP contribution in [0.1, 0.15) is 52.9 Å². The summed E-state index contributed by atoms with van der Waals surface area (Å²) in [6.45, 7) is 5.43. The summed E-state index contributed by atoms with van der Waals surface area (Å²) in [6.07, 6.45) is 4.33. The summed E-state index contributed by atoms with van der Waals surface area (Å²) in [6, 6.07) is -0.542. The highest BCUT2D eigenvalue weighted by Crippen LogP contribution is 2.37. The lowest BCUT2D eigenvalue weighted by molar-refractivity contribution is -0.133.